The van der Waals surface area contributed by atoms with Gasteiger partial charge in [-0.2, -0.15) is 0 Å². The maximum absolute atomic E-state index is 13.6. The van der Waals surface area contributed by atoms with Crippen molar-refractivity contribution in [3.05, 3.63) is 23.5 Å². The van der Waals surface area contributed by atoms with E-state index in [0.29, 0.717) is 11.2 Å². The number of aryl methyl sites for hydroxylation is 1. The molecule has 1 aromatic carbocycles. The van der Waals surface area contributed by atoms with E-state index in [-0.39, 0.29) is 12.6 Å². The largest absolute Gasteiger partial charge is 0.498 e. The standard InChI is InChI=1S/C15H22BFO4/c1-10-7-11(17)8-12(19-9-18-6)13(10)16-20-14(2,3)15(4,5)21-16/h7-8H,9H2,1-6H3. The summed E-state index contributed by atoms with van der Waals surface area (Å²) in [4.78, 5) is 0. The van der Waals surface area contributed by atoms with Crippen molar-refractivity contribution in [2.45, 2.75) is 45.8 Å². The number of halogens is 1. The molecule has 0 radical (unpaired) electrons. The Morgan fingerprint density at radius 1 is 1.14 bits per heavy atom. The van der Waals surface area contributed by atoms with Gasteiger partial charge in [0.25, 0.3) is 0 Å². The fourth-order valence-electron chi connectivity index (χ4n) is 2.23. The van der Waals surface area contributed by atoms with Gasteiger partial charge < -0.3 is 18.8 Å². The fourth-order valence-corrected chi connectivity index (χ4v) is 2.23. The maximum Gasteiger partial charge on any atom is 0.498 e. The van der Waals surface area contributed by atoms with Gasteiger partial charge in [0.2, 0.25) is 0 Å². The fraction of sp³-hybridized carbons (Fsp3) is 0.600. The molecule has 0 saturated carbocycles. The number of methoxy groups -OCH3 is 1. The Hall–Kier alpha value is -1.11. The van der Waals surface area contributed by atoms with Crippen LogP contribution in [0.3, 0.4) is 0 Å². The van der Waals surface area contributed by atoms with Gasteiger partial charge >= 0.3 is 7.12 Å². The van der Waals surface area contributed by atoms with Gasteiger partial charge in [0, 0.05) is 18.6 Å². The maximum atomic E-state index is 13.6. The average molecular weight is 296 g/mol. The summed E-state index contributed by atoms with van der Waals surface area (Å²) < 4.78 is 36.0. The van der Waals surface area contributed by atoms with Crippen molar-refractivity contribution in [3.63, 3.8) is 0 Å². The first-order valence-corrected chi connectivity index (χ1v) is 6.95. The second kappa shape index (κ2) is 5.59. The van der Waals surface area contributed by atoms with E-state index in [9.17, 15) is 4.39 Å². The summed E-state index contributed by atoms with van der Waals surface area (Å²) in [5.41, 5.74) is 0.500. The molecule has 116 valence electrons. The molecule has 1 aliphatic rings. The van der Waals surface area contributed by atoms with Crippen molar-refractivity contribution >= 4 is 12.6 Å². The second-order valence-electron chi connectivity index (χ2n) is 6.27. The van der Waals surface area contributed by atoms with Crippen LogP contribution in [0.5, 0.6) is 5.75 Å². The Balaban J connectivity index is 2.40. The highest BCUT2D eigenvalue weighted by atomic mass is 19.1. The van der Waals surface area contributed by atoms with E-state index < -0.39 is 18.3 Å². The minimum atomic E-state index is -0.595. The second-order valence-corrected chi connectivity index (χ2v) is 6.27. The minimum absolute atomic E-state index is 0.0371. The van der Waals surface area contributed by atoms with Crippen molar-refractivity contribution in [2.24, 2.45) is 0 Å². The average Bonchev–Trinajstić information content (AvgIpc) is 2.54. The molecule has 0 N–H and O–H groups in total. The highest BCUT2D eigenvalue weighted by molar-refractivity contribution is 6.63. The highest BCUT2D eigenvalue weighted by Crippen LogP contribution is 2.37. The summed E-state index contributed by atoms with van der Waals surface area (Å²) >= 11 is 0. The first-order chi connectivity index (χ1) is 9.68. The summed E-state index contributed by atoms with van der Waals surface area (Å²) in [5.74, 6) is 0.0201. The van der Waals surface area contributed by atoms with Crippen LogP contribution in [0.25, 0.3) is 0 Å². The van der Waals surface area contributed by atoms with Gasteiger partial charge in [-0.3, -0.25) is 0 Å². The van der Waals surface area contributed by atoms with E-state index in [1.807, 2.05) is 34.6 Å². The van der Waals surface area contributed by atoms with E-state index in [2.05, 4.69) is 0 Å². The van der Waals surface area contributed by atoms with Crippen LogP contribution < -0.4 is 10.2 Å². The molecule has 0 spiro atoms. The normalized spacial score (nSPS) is 19.9. The van der Waals surface area contributed by atoms with Gasteiger partial charge in [0.1, 0.15) is 11.6 Å². The van der Waals surface area contributed by atoms with Crippen LogP contribution in [0.15, 0.2) is 12.1 Å². The van der Waals surface area contributed by atoms with Crippen LogP contribution in [0.4, 0.5) is 4.39 Å². The Kier molecular flexibility index (Phi) is 4.33. The molecular weight excluding hydrogens is 274 g/mol. The van der Waals surface area contributed by atoms with E-state index in [1.165, 1.54) is 19.2 Å². The topological polar surface area (TPSA) is 36.9 Å². The molecule has 1 aliphatic heterocycles. The molecule has 1 heterocycles. The first-order valence-electron chi connectivity index (χ1n) is 6.95. The van der Waals surface area contributed by atoms with Crippen molar-refractivity contribution in [1.29, 1.82) is 0 Å². The van der Waals surface area contributed by atoms with Crippen LogP contribution in [0.2, 0.25) is 0 Å². The summed E-state index contributed by atoms with van der Waals surface area (Å²) in [5, 5.41) is 0. The highest BCUT2D eigenvalue weighted by Gasteiger charge is 2.53. The van der Waals surface area contributed by atoms with E-state index >= 15 is 0 Å². The Morgan fingerprint density at radius 2 is 1.71 bits per heavy atom. The molecule has 1 fully saturated rings. The summed E-state index contributed by atoms with van der Waals surface area (Å²) in [7, 11) is 0.920. The molecular formula is C15H22BFO4. The molecule has 6 heteroatoms. The molecule has 1 aromatic rings. The Labute approximate surface area is 125 Å². The number of hydrogen-bond acceptors (Lipinski definition) is 4. The Bertz CT molecular complexity index is 515. The van der Waals surface area contributed by atoms with Gasteiger partial charge in [-0.1, -0.05) is 0 Å². The smallest absolute Gasteiger partial charge is 0.468 e. The zero-order valence-electron chi connectivity index (χ0n) is 13.5. The van der Waals surface area contributed by atoms with Gasteiger partial charge in [0.15, 0.2) is 6.79 Å². The van der Waals surface area contributed by atoms with Gasteiger partial charge in [-0.25, -0.2) is 4.39 Å². The third-order valence-electron chi connectivity index (χ3n) is 4.13. The molecule has 0 unspecified atom stereocenters. The molecule has 2 rings (SSSR count). The molecule has 0 amide bonds. The zero-order chi connectivity index (χ0) is 15.8. The van der Waals surface area contributed by atoms with Crippen LogP contribution in [-0.2, 0) is 14.0 Å². The van der Waals surface area contributed by atoms with Crippen LogP contribution in [0.1, 0.15) is 33.3 Å². The van der Waals surface area contributed by atoms with E-state index in [1.54, 1.807) is 0 Å². The molecule has 0 bridgehead atoms. The minimum Gasteiger partial charge on any atom is -0.468 e. The van der Waals surface area contributed by atoms with Crippen LogP contribution in [-0.4, -0.2) is 32.2 Å². The summed E-state index contributed by atoms with van der Waals surface area (Å²) in [6.07, 6.45) is 0. The van der Waals surface area contributed by atoms with Crippen molar-refractivity contribution < 1.29 is 23.2 Å². The van der Waals surface area contributed by atoms with Crippen LogP contribution in [0, 0.1) is 12.7 Å². The summed E-state index contributed by atoms with van der Waals surface area (Å²) in [6, 6.07) is 2.77. The summed E-state index contributed by atoms with van der Waals surface area (Å²) in [6.45, 7) is 9.74. The van der Waals surface area contributed by atoms with E-state index in [4.69, 9.17) is 18.8 Å². The first kappa shape index (κ1) is 16.3. The molecule has 4 nitrogen and oxygen atoms in total. The van der Waals surface area contributed by atoms with Crippen LogP contribution >= 0.6 is 0 Å². The lowest BCUT2D eigenvalue weighted by Crippen LogP contribution is -2.41. The van der Waals surface area contributed by atoms with Gasteiger partial charge in [-0.15, -0.1) is 0 Å². The third kappa shape index (κ3) is 3.07. The third-order valence-corrected chi connectivity index (χ3v) is 4.13. The lowest BCUT2D eigenvalue weighted by molar-refractivity contribution is 0.00578. The van der Waals surface area contributed by atoms with Crippen molar-refractivity contribution in [1.82, 2.24) is 0 Å². The Morgan fingerprint density at radius 3 is 2.24 bits per heavy atom. The monoisotopic (exact) mass is 296 g/mol. The zero-order valence-corrected chi connectivity index (χ0v) is 13.5. The molecule has 1 saturated heterocycles. The quantitative estimate of drug-likeness (QED) is 0.631. The molecule has 0 aromatic heterocycles. The van der Waals surface area contributed by atoms with Crippen molar-refractivity contribution in [2.75, 3.05) is 13.9 Å². The number of rotatable bonds is 4. The SMILES string of the molecule is COCOc1cc(F)cc(C)c1B1OC(C)(C)C(C)(C)O1. The molecule has 0 aliphatic carbocycles. The number of ether oxygens (including phenoxy) is 2. The van der Waals surface area contributed by atoms with Gasteiger partial charge in [-0.05, 0) is 46.2 Å². The lowest BCUT2D eigenvalue weighted by atomic mass is 9.75. The lowest BCUT2D eigenvalue weighted by Gasteiger charge is -2.32. The number of hydrogen-bond donors (Lipinski definition) is 0. The number of benzene rings is 1. The molecule has 0 atom stereocenters. The van der Waals surface area contributed by atoms with Crippen molar-refractivity contribution in [3.8, 4) is 5.75 Å². The molecule has 21 heavy (non-hydrogen) atoms. The van der Waals surface area contributed by atoms with E-state index in [0.717, 1.165) is 5.56 Å². The predicted octanol–water partition coefficient (Wildman–Crippen LogP) is 2.42. The predicted molar refractivity (Wildman–Crippen MR) is 79.4 cm³/mol. The van der Waals surface area contributed by atoms with Gasteiger partial charge in [0.05, 0.1) is 11.2 Å².